The molecule has 6 aromatic carbocycles. The molecule has 0 saturated heterocycles. The van der Waals surface area contributed by atoms with Crippen LogP contribution in [0.25, 0.3) is 78.0 Å². The van der Waals surface area contributed by atoms with Crippen LogP contribution in [0.4, 0.5) is 0 Å². The SMILES string of the molecule is N#Cc1ccc2c(c1)c1ccccc1n2-c1ccc(-c2nc(-c3ccccc3)nc(-n3c4ccccc4c4ccccc43)n2)cc1C#N. The van der Waals surface area contributed by atoms with Gasteiger partial charge in [0.2, 0.25) is 5.95 Å². The lowest BCUT2D eigenvalue weighted by Gasteiger charge is -2.13. The maximum absolute atomic E-state index is 10.5. The van der Waals surface area contributed by atoms with Gasteiger partial charge in [-0.05, 0) is 54.6 Å². The number of nitriles is 2. The molecule has 0 aliphatic heterocycles. The third kappa shape index (κ3) is 4.16. The van der Waals surface area contributed by atoms with Crippen LogP contribution in [-0.4, -0.2) is 24.1 Å². The monoisotopic (exact) mass is 613 g/mol. The van der Waals surface area contributed by atoms with Crippen molar-refractivity contribution in [3.63, 3.8) is 0 Å². The topological polar surface area (TPSA) is 96.1 Å². The van der Waals surface area contributed by atoms with Crippen LogP contribution in [0, 0.1) is 22.7 Å². The highest BCUT2D eigenvalue weighted by Gasteiger charge is 2.20. The smallest absolute Gasteiger partial charge is 0.238 e. The molecule has 7 heteroatoms. The molecule has 222 valence electrons. The number of rotatable bonds is 4. The fourth-order valence-electron chi connectivity index (χ4n) is 6.71. The van der Waals surface area contributed by atoms with Crippen molar-refractivity contribution in [3.05, 3.63) is 151 Å². The predicted octanol–water partition coefficient (Wildman–Crippen LogP) is 9.14. The van der Waals surface area contributed by atoms with Crippen LogP contribution in [-0.2, 0) is 0 Å². The first kappa shape index (κ1) is 27.2. The van der Waals surface area contributed by atoms with Crippen molar-refractivity contribution in [3.8, 4) is 46.5 Å². The number of aromatic nitrogens is 5. The molecule has 0 spiro atoms. The highest BCUT2D eigenvalue weighted by Crippen LogP contribution is 2.36. The maximum atomic E-state index is 10.5. The lowest BCUT2D eigenvalue weighted by molar-refractivity contribution is 0.953. The Morgan fingerprint density at radius 2 is 1.00 bits per heavy atom. The molecule has 0 N–H and O–H groups in total. The molecule has 0 aliphatic rings. The van der Waals surface area contributed by atoms with Gasteiger partial charge >= 0.3 is 0 Å². The van der Waals surface area contributed by atoms with Crippen LogP contribution < -0.4 is 0 Å². The molecule has 48 heavy (non-hydrogen) atoms. The molecular weight excluding hydrogens is 591 g/mol. The second-order valence-corrected chi connectivity index (χ2v) is 11.6. The van der Waals surface area contributed by atoms with Crippen LogP contribution in [0.15, 0.2) is 140 Å². The van der Waals surface area contributed by atoms with Crippen molar-refractivity contribution in [2.45, 2.75) is 0 Å². The summed E-state index contributed by atoms with van der Waals surface area (Å²) in [5.41, 5.74) is 7.21. The van der Waals surface area contributed by atoms with E-state index >= 15 is 0 Å². The normalized spacial score (nSPS) is 11.3. The number of nitrogens with zero attached hydrogens (tertiary/aromatic N) is 7. The van der Waals surface area contributed by atoms with Crippen LogP contribution >= 0.6 is 0 Å². The van der Waals surface area contributed by atoms with E-state index in [0.29, 0.717) is 34.3 Å². The van der Waals surface area contributed by atoms with Crippen molar-refractivity contribution < 1.29 is 0 Å². The van der Waals surface area contributed by atoms with Gasteiger partial charge in [-0.1, -0.05) is 84.9 Å². The maximum Gasteiger partial charge on any atom is 0.238 e. The summed E-state index contributed by atoms with van der Waals surface area (Å²) >= 11 is 0. The quantitative estimate of drug-likeness (QED) is 0.197. The molecule has 3 aromatic heterocycles. The molecule has 7 nitrogen and oxygen atoms in total. The lowest BCUT2D eigenvalue weighted by Crippen LogP contribution is -2.06. The van der Waals surface area contributed by atoms with Gasteiger partial charge in [0.1, 0.15) is 6.07 Å². The van der Waals surface area contributed by atoms with E-state index in [1.807, 2.05) is 115 Å². The Bertz CT molecular complexity index is 2760. The lowest BCUT2D eigenvalue weighted by atomic mass is 10.1. The summed E-state index contributed by atoms with van der Waals surface area (Å²) in [5, 5.41) is 24.3. The van der Waals surface area contributed by atoms with Crippen molar-refractivity contribution in [1.82, 2.24) is 24.1 Å². The predicted molar refractivity (Wildman–Crippen MR) is 189 cm³/mol. The molecule has 0 saturated carbocycles. The zero-order chi connectivity index (χ0) is 32.2. The molecule has 0 unspecified atom stereocenters. The van der Waals surface area contributed by atoms with Crippen LogP contribution in [0.2, 0.25) is 0 Å². The van der Waals surface area contributed by atoms with Gasteiger partial charge in [0.15, 0.2) is 11.6 Å². The molecule has 0 atom stereocenters. The highest BCUT2D eigenvalue weighted by molar-refractivity contribution is 6.10. The van der Waals surface area contributed by atoms with E-state index in [-0.39, 0.29) is 0 Å². The molecule has 0 radical (unpaired) electrons. The van der Waals surface area contributed by atoms with E-state index in [4.69, 9.17) is 15.0 Å². The standard InChI is InChI=1S/C41H23N7/c42-24-26-18-20-38-33(22-26)32-14-6-7-15-35(32)47(38)34-21-19-28(23-29(34)25-43)40-44-39(27-10-2-1-3-11-27)45-41(46-40)48-36-16-8-4-12-30(36)31-13-5-9-17-37(31)48/h1-23H. The molecule has 0 aliphatic carbocycles. The minimum absolute atomic E-state index is 0.463. The summed E-state index contributed by atoms with van der Waals surface area (Å²) in [5.74, 6) is 1.50. The second kappa shape index (κ2) is 10.8. The van der Waals surface area contributed by atoms with Gasteiger partial charge < -0.3 is 4.57 Å². The number of benzene rings is 6. The molecule has 9 aromatic rings. The Morgan fingerprint density at radius 1 is 0.438 bits per heavy atom. The van der Waals surface area contributed by atoms with Gasteiger partial charge in [-0.15, -0.1) is 0 Å². The summed E-state index contributed by atoms with van der Waals surface area (Å²) in [4.78, 5) is 15.0. The molecule has 0 bridgehead atoms. The Morgan fingerprint density at radius 3 is 1.65 bits per heavy atom. The zero-order valence-electron chi connectivity index (χ0n) is 25.4. The van der Waals surface area contributed by atoms with E-state index in [0.717, 1.165) is 54.9 Å². The summed E-state index contributed by atoms with van der Waals surface area (Å²) < 4.78 is 4.16. The minimum atomic E-state index is 0.463. The van der Waals surface area contributed by atoms with Gasteiger partial charge in [-0.2, -0.15) is 20.5 Å². The molecule has 0 fully saturated rings. The van der Waals surface area contributed by atoms with Gasteiger partial charge in [0, 0.05) is 32.7 Å². The van der Waals surface area contributed by atoms with E-state index in [1.54, 1.807) is 0 Å². The van der Waals surface area contributed by atoms with E-state index in [9.17, 15) is 10.5 Å². The van der Waals surface area contributed by atoms with Crippen LogP contribution in [0.5, 0.6) is 0 Å². The number of hydrogen-bond donors (Lipinski definition) is 0. The average Bonchev–Trinajstić information content (AvgIpc) is 3.67. The van der Waals surface area contributed by atoms with Crippen molar-refractivity contribution in [1.29, 1.82) is 10.5 Å². The largest absolute Gasteiger partial charge is 0.308 e. The van der Waals surface area contributed by atoms with Crippen LogP contribution in [0.3, 0.4) is 0 Å². The van der Waals surface area contributed by atoms with Gasteiger partial charge in [-0.25, -0.2) is 4.98 Å². The second-order valence-electron chi connectivity index (χ2n) is 11.6. The highest BCUT2D eigenvalue weighted by atomic mass is 15.2. The fraction of sp³-hybridized carbons (Fsp3) is 0. The Kier molecular flexibility index (Phi) is 6.11. The summed E-state index contributed by atoms with van der Waals surface area (Å²) in [6, 6.07) is 50.5. The molecule has 9 rings (SSSR count). The number of para-hydroxylation sites is 3. The average molecular weight is 614 g/mol. The summed E-state index contributed by atoms with van der Waals surface area (Å²) in [7, 11) is 0. The van der Waals surface area contributed by atoms with Crippen molar-refractivity contribution >= 4 is 43.6 Å². The zero-order valence-corrected chi connectivity index (χ0v) is 25.4. The molecular formula is C41H23N7. The Labute approximate surface area is 274 Å². The Balaban J connectivity index is 1.28. The van der Waals surface area contributed by atoms with Crippen molar-refractivity contribution in [2.75, 3.05) is 0 Å². The van der Waals surface area contributed by atoms with Crippen molar-refractivity contribution in [2.24, 2.45) is 0 Å². The van der Waals surface area contributed by atoms with Gasteiger partial charge in [0.05, 0.1) is 45.0 Å². The van der Waals surface area contributed by atoms with E-state index in [1.165, 1.54) is 0 Å². The first-order valence-corrected chi connectivity index (χ1v) is 15.5. The summed E-state index contributed by atoms with van der Waals surface area (Å²) in [6.07, 6.45) is 0. The molecule has 3 heterocycles. The summed E-state index contributed by atoms with van der Waals surface area (Å²) in [6.45, 7) is 0. The number of hydrogen-bond acceptors (Lipinski definition) is 5. The number of fused-ring (bicyclic) bond motifs is 6. The molecule has 0 amide bonds. The first-order valence-electron chi connectivity index (χ1n) is 15.5. The third-order valence-corrected chi connectivity index (χ3v) is 8.85. The van der Waals surface area contributed by atoms with E-state index < -0.39 is 0 Å². The first-order chi connectivity index (χ1) is 23.7. The minimum Gasteiger partial charge on any atom is -0.308 e. The van der Waals surface area contributed by atoms with Crippen LogP contribution in [0.1, 0.15) is 11.1 Å². The Hall–Kier alpha value is -7.09. The van der Waals surface area contributed by atoms with Gasteiger partial charge in [0.25, 0.3) is 0 Å². The van der Waals surface area contributed by atoms with E-state index in [2.05, 4.69) is 45.5 Å². The third-order valence-electron chi connectivity index (χ3n) is 8.85. The van der Waals surface area contributed by atoms with Gasteiger partial charge in [-0.3, -0.25) is 4.57 Å². The fourth-order valence-corrected chi connectivity index (χ4v) is 6.71.